The Morgan fingerprint density at radius 3 is 1.46 bits per heavy atom. The highest BCUT2D eigenvalue weighted by molar-refractivity contribution is 5.91. The predicted octanol–water partition coefficient (Wildman–Crippen LogP) is 1.40. The summed E-state index contributed by atoms with van der Waals surface area (Å²) in [5.41, 5.74) is -1.05. The third kappa shape index (κ3) is 17.2. The van der Waals surface area contributed by atoms with Crippen molar-refractivity contribution in [3.63, 3.8) is 0 Å². The molecule has 0 unspecified atom stereocenters. The molecule has 5 fully saturated rings. The zero-order chi connectivity index (χ0) is 54.0. The number of nitrogens with one attached hydrogen (secondary N) is 3. The molecule has 5 heterocycles. The van der Waals surface area contributed by atoms with Crippen LogP contribution in [0.2, 0.25) is 0 Å². The van der Waals surface area contributed by atoms with Gasteiger partial charge in [0.25, 0.3) is 0 Å². The number of methoxy groups -OCH3 is 1. The summed E-state index contributed by atoms with van der Waals surface area (Å²) >= 11 is 0. The number of hydrogen-bond acceptors (Lipinski definition) is 15. The summed E-state index contributed by atoms with van der Waals surface area (Å²) in [6, 6.07) is 7.80. The van der Waals surface area contributed by atoms with E-state index in [1.165, 1.54) is 43.6 Å². The summed E-state index contributed by atoms with van der Waals surface area (Å²) in [4.78, 5) is 129. The van der Waals surface area contributed by atoms with Crippen LogP contribution in [0.3, 0.4) is 0 Å². The number of esters is 1. The predicted molar refractivity (Wildman–Crippen MR) is 256 cm³/mol. The smallest absolute Gasteiger partial charge is 0.410 e. The largest absolute Gasteiger partial charge is 0.468 e. The molecule has 1 aromatic carbocycles. The second-order valence-electron chi connectivity index (χ2n) is 21.3. The van der Waals surface area contributed by atoms with Gasteiger partial charge in [-0.05, 0) is 67.9 Å². The van der Waals surface area contributed by atoms with Gasteiger partial charge in [-0.15, -0.1) is 0 Å². The van der Waals surface area contributed by atoms with Crippen molar-refractivity contribution in [1.82, 2.24) is 45.3 Å². The number of alkyl carbamates (subject to hydrolysis) is 1. The molecule has 5 aliphatic heterocycles. The maximum Gasteiger partial charge on any atom is 0.410 e. The maximum atomic E-state index is 13.0. The van der Waals surface area contributed by atoms with Crippen LogP contribution >= 0.6 is 0 Å². The molecule has 6 rings (SSSR count). The van der Waals surface area contributed by atoms with Crippen LogP contribution in [0.5, 0.6) is 0 Å². The fourth-order valence-corrected chi connectivity index (χ4v) is 8.22. The van der Waals surface area contributed by atoms with E-state index >= 15 is 0 Å². The Bertz CT molecular complexity index is 2090. The molecular formula is C48H73N9O15. The SMILES string of the molecule is CN1CC(=O)N[C@@H]2CN(C(=O)OC(C)(C)C)C[C@@H]2C1=O.CN1CC(=O)N[C@@H]2CN(C(=O)OC(C)(C)C)C[C@H]2C1=O.COC(=O)CN(C)C(=O)[C@@H]1CN(C(=O)OC(C)(C)C)C[C@H]1NC(=O)OCc1ccccc1. The van der Waals surface area contributed by atoms with Crippen molar-refractivity contribution in [3.05, 3.63) is 35.9 Å². The lowest BCUT2D eigenvalue weighted by atomic mass is 10.0. The van der Waals surface area contributed by atoms with Crippen LogP contribution < -0.4 is 16.0 Å². The molecule has 0 radical (unpaired) electrons. The van der Waals surface area contributed by atoms with Crippen LogP contribution in [-0.2, 0) is 59.1 Å². The van der Waals surface area contributed by atoms with E-state index in [1.807, 2.05) is 30.3 Å². The minimum absolute atomic E-state index is 0.0306. The van der Waals surface area contributed by atoms with Gasteiger partial charge in [-0.1, -0.05) is 30.3 Å². The first-order valence-corrected chi connectivity index (χ1v) is 23.7. The van der Waals surface area contributed by atoms with Crippen molar-refractivity contribution in [2.24, 2.45) is 17.8 Å². The van der Waals surface area contributed by atoms with Crippen molar-refractivity contribution in [1.29, 1.82) is 0 Å². The lowest BCUT2D eigenvalue weighted by molar-refractivity contribution is -0.147. The second kappa shape index (κ2) is 24.0. The zero-order valence-corrected chi connectivity index (χ0v) is 43.7. The van der Waals surface area contributed by atoms with Crippen molar-refractivity contribution in [3.8, 4) is 0 Å². The number of benzene rings is 1. The van der Waals surface area contributed by atoms with Crippen molar-refractivity contribution < 1.29 is 71.6 Å². The van der Waals surface area contributed by atoms with E-state index in [0.29, 0.717) is 13.1 Å². The lowest BCUT2D eigenvalue weighted by Crippen LogP contribution is -2.47. The average molecular weight is 1020 g/mol. The summed E-state index contributed by atoms with van der Waals surface area (Å²) in [5.74, 6) is -3.15. The number of amides is 9. The van der Waals surface area contributed by atoms with E-state index in [-0.39, 0.29) is 100.0 Å². The van der Waals surface area contributed by atoms with E-state index in [4.69, 9.17) is 18.9 Å². The van der Waals surface area contributed by atoms with Gasteiger partial charge in [0.15, 0.2) is 0 Å². The molecule has 0 aromatic heterocycles. The van der Waals surface area contributed by atoms with E-state index in [2.05, 4.69) is 20.7 Å². The molecule has 5 aliphatic rings. The number of nitrogens with zero attached hydrogens (tertiary/aromatic N) is 6. The average Bonchev–Trinajstić information content (AvgIpc) is 3.98. The standard InChI is InChI=1S/C22H31N3O7.2C13H21N3O4/c1-22(2,3)32-21(29)25-11-16(19(27)24(4)13-18(26)30-5)17(12-25)23-20(28)31-14-15-9-7-6-8-10-15;2*1-13(2,3)20-12(19)16-5-8-9(6-16)14-10(17)7-15(4)11(8)18/h6-10,16-17H,11-14H2,1-5H3,(H,23,28);2*8-9H,5-7H2,1-4H3,(H,14,17)/t16-,17-;8-,9+;8-,9-/m101/s1. The number of fused-ring (bicyclic) bond motifs is 2. The molecule has 9 amide bonds. The van der Waals surface area contributed by atoms with Gasteiger partial charge in [0.1, 0.15) is 30.0 Å². The Labute approximate surface area is 420 Å². The summed E-state index contributed by atoms with van der Waals surface area (Å²) < 4.78 is 25.8. The normalized spacial score (nSPS) is 23.0. The first-order valence-electron chi connectivity index (χ1n) is 23.7. The number of likely N-dealkylation sites (N-methyl/N-ethyl adjacent to an activating group) is 3. The van der Waals surface area contributed by atoms with Crippen LogP contribution in [0.15, 0.2) is 30.3 Å². The number of carbonyl (C=O) groups is 10. The van der Waals surface area contributed by atoms with Crippen LogP contribution in [0.1, 0.15) is 67.9 Å². The number of likely N-dealkylation sites (tertiary alicyclic amines) is 3. The zero-order valence-electron chi connectivity index (χ0n) is 43.7. The van der Waals surface area contributed by atoms with E-state index in [9.17, 15) is 47.9 Å². The van der Waals surface area contributed by atoms with Crippen molar-refractivity contribution in [2.75, 3.05) is 87.2 Å². The molecule has 5 saturated heterocycles. The molecule has 1 aromatic rings. The molecule has 3 N–H and O–H groups in total. The van der Waals surface area contributed by atoms with Crippen LogP contribution in [0.4, 0.5) is 19.2 Å². The molecule has 24 heteroatoms. The van der Waals surface area contributed by atoms with Crippen LogP contribution in [-0.4, -0.2) is 211 Å². The summed E-state index contributed by atoms with van der Waals surface area (Å²) in [6.45, 7) is 17.2. The van der Waals surface area contributed by atoms with Gasteiger partial charge in [0.2, 0.25) is 29.5 Å². The monoisotopic (exact) mass is 1020 g/mol. The molecule has 0 aliphatic carbocycles. The highest BCUT2D eigenvalue weighted by Gasteiger charge is 2.47. The highest BCUT2D eigenvalue weighted by Crippen LogP contribution is 2.26. The van der Waals surface area contributed by atoms with Gasteiger partial charge in [-0.25, -0.2) is 19.2 Å². The molecule has 0 spiro atoms. The second-order valence-corrected chi connectivity index (χ2v) is 21.3. The van der Waals surface area contributed by atoms with Crippen LogP contribution in [0, 0.1) is 17.8 Å². The Hall–Kier alpha value is -6.88. The Kier molecular flexibility index (Phi) is 19.3. The van der Waals surface area contributed by atoms with Crippen LogP contribution in [0.25, 0.3) is 0 Å². The quantitative estimate of drug-likeness (QED) is 0.269. The number of rotatable bonds is 6. The van der Waals surface area contributed by atoms with E-state index < -0.39 is 65.0 Å². The topological polar surface area (TPSA) is 272 Å². The Morgan fingerprint density at radius 2 is 1.06 bits per heavy atom. The van der Waals surface area contributed by atoms with Crippen molar-refractivity contribution >= 4 is 59.9 Å². The number of hydrogen-bond donors (Lipinski definition) is 3. The summed E-state index contributed by atoms with van der Waals surface area (Å²) in [6.07, 6.45) is -2.20. The number of carbonyl (C=O) groups excluding carboxylic acids is 10. The van der Waals surface area contributed by atoms with Gasteiger partial charge in [0.05, 0.1) is 56.1 Å². The van der Waals surface area contributed by atoms with Gasteiger partial charge in [-0.2, -0.15) is 0 Å². The Balaban J connectivity index is 0.000000245. The first kappa shape index (κ1) is 57.7. The van der Waals surface area contributed by atoms with E-state index in [0.717, 1.165) is 5.56 Å². The van der Waals surface area contributed by atoms with E-state index in [1.54, 1.807) is 76.4 Å². The fourth-order valence-electron chi connectivity index (χ4n) is 8.22. The Morgan fingerprint density at radius 1 is 0.639 bits per heavy atom. The van der Waals surface area contributed by atoms with Gasteiger partial charge >= 0.3 is 30.3 Å². The molecule has 0 bridgehead atoms. The third-order valence-electron chi connectivity index (χ3n) is 11.6. The molecule has 6 atom stereocenters. The van der Waals surface area contributed by atoms with Crippen molar-refractivity contribution in [2.45, 2.75) is 104 Å². The minimum Gasteiger partial charge on any atom is -0.468 e. The first-order chi connectivity index (χ1) is 33.3. The minimum atomic E-state index is -0.776. The fraction of sp³-hybridized carbons (Fsp3) is 0.667. The van der Waals surface area contributed by atoms with Gasteiger partial charge in [0, 0.05) is 60.4 Å². The van der Waals surface area contributed by atoms with Gasteiger partial charge < -0.3 is 69.0 Å². The van der Waals surface area contributed by atoms with Gasteiger partial charge in [-0.3, -0.25) is 28.8 Å². The summed E-state index contributed by atoms with van der Waals surface area (Å²) in [7, 11) is 5.88. The third-order valence-corrected chi connectivity index (χ3v) is 11.6. The molecule has 0 saturated carbocycles. The molecule has 72 heavy (non-hydrogen) atoms. The maximum absolute atomic E-state index is 13.0. The molecular weight excluding hydrogens is 943 g/mol. The lowest BCUT2D eigenvalue weighted by Gasteiger charge is -2.25. The molecule has 24 nitrogen and oxygen atoms in total. The summed E-state index contributed by atoms with van der Waals surface area (Å²) in [5, 5.41) is 8.27. The molecule has 400 valence electrons. The highest BCUT2D eigenvalue weighted by atomic mass is 16.6. The number of ether oxygens (including phenoxy) is 5.